The second-order valence-electron chi connectivity index (χ2n) is 5.64. The fraction of sp³-hybridized carbons (Fsp3) is 0.375. The number of carbonyl (C=O) groups is 1. The molecule has 1 aliphatic heterocycles. The first kappa shape index (κ1) is 14.7. The molecule has 2 aromatic rings. The minimum absolute atomic E-state index is 0.274. The van der Waals surface area contributed by atoms with Crippen molar-refractivity contribution in [2.24, 2.45) is 5.92 Å². The van der Waals surface area contributed by atoms with Gasteiger partial charge in [-0.05, 0) is 49.7 Å². The van der Waals surface area contributed by atoms with Crippen LogP contribution in [-0.4, -0.2) is 38.8 Å². The normalized spacial score (nSPS) is 19.2. The van der Waals surface area contributed by atoms with Crippen LogP contribution >= 0.6 is 0 Å². The number of piperidine rings is 1. The topological polar surface area (TPSA) is 58.4 Å². The maximum absolute atomic E-state index is 12.9. The Bertz CT molecular complexity index is 654. The number of hydrogen-bond donors (Lipinski definition) is 1. The molecular weight excluding hydrogens is 285 g/mol. The Kier molecular flexibility index (Phi) is 4.20. The van der Waals surface area contributed by atoms with Crippen LogP contribution in [0, 0.1) is 11.7 Å². The summed E-state index contributed by atoms with van der Waals surface area (Å²) in [5, 5.41) is 13.6. The van der Waals surface area contributed by atoms with Crippen molar-refractivity contribution in [2.75, 3.05) is 13.1 Å². The van der Waals surface area contributed by atoms with Gasteiger partial charge in [0.05, 0.1) is 17.3 Å². The quantitative estimate of drug-likeness (QED) is 0.941. The summed E-state index contributed by atoms with van der Waals surface area (Å²) in [5.41, 5.74) is 1.69. The molecule has 6 heteroatoms. The first-order valence-corrected chi connectivity index (χ1v) is 7.37. The number of nitrogens with zero attached hydrogens (tertiary/aromatic N) is 3. The third-order valence-electron chi connectivity index (χ3n) is 3.98. The van der Waals surface area contributed by atoms with E-state index in [1.807, 2.05) is 12.3 Å². The van der Waals surface area contributed by atoms with Crippen LogP contribution in [0.5, 0.6) is 0 Å². The van der Waals surface area contributed by atoms with E-state index < -0.39 is 5.97 Å². The molecule has 1 atom stereocenters. The van der Waals surface area contributed by atoms with Gasteiger partial charge in [-0.3, -0.25) is 9.69 Å². The van der Waals surface area contributed by atoms with Crippen molar-refractivity contribution in [3.8, 4) is 5.69 Å². The minimum atomic E-state index is -0.721. The van der Waals surface area contributed by atoms with Crippen molar-refractivity contribution in [2.45, 2.75) is 19.4 Å². The van der Waals surface area contributed by atoms with Crippen molar-refractivity contribution >= 4 is 5.97 Å². The molecule has 1 N–H and O–H groups in total. The Morgan fingerprint density at radius 3 is 2.82 bits per heavy atom. The molecule has 1 fully saturated rings. The van der Waals surface area contributed by atoms with Gasteiger partial charge >= 0.3 is 5.97 Å². The minimum Gasteiger partial charge on any atom is -0.481 e. The molecule has 116 valence electrons. The summed E-state index contributed by atoms with van der Waals surface area (Å²) in [5.74, 6) is -1.28. The van der Waals surface area contributed by atoms with Crippen LogP contribution in [0.2, 0.25) is 0 Å². The molecule has 22 heavy (non-hydrogen) atoms. The molecule has 0 aliphatic carbocycles. The summed E-state index contributed by atoms with van der Waals surface area (Å²) in [7, 11) is 0. The SMILES string of the molecule is O=C(O)C1CCCN(Cc2ccn(-c3ccc(F)cc3)n2)C1. The van der Waals surface area contributed by atoms with E-state index in [1.165, 1.54) is 12.1 Å². The number of likely N-dealkylation sites (tertiary alicyclic amines) is 1. The maximum Gasteiger partial charge on any atom is 0.307 e. The zero-order valence-electron chi connectivity index (χ0n) is 12.2. The summed E-state index contributed by atoms with van der Waals surface area (Å²) < 4.78 is 14.6. The molecule has 1 saturated heterocycles. The molecule has 0 spiro atoms. The van der Waals surface area contributed by atoms with Gasteiger partial charge < -0.3 is 5.11 Å². The number of rotatable bonds is 4. The van der Waals surface area contributed by atoms with Gasteiger partial charge in [-0.25, -0.2) is 9.07 Å². The van der Waals surface area contributed by atoms with Gasteiger partial charge in [0.2, 0.25) is 0 Å². The molecule has 1 aromatic heterocycles. The summed E-state index contributed by atoms with van der Waals surface area (Å²) in [6, 6.07) is 8.06. The van der Waals surface area contributed by atoms with Crippen LogP contribution < -0.4 is 0 Å². The van der Waals surface area contributed by atoms with Crippen LogP contribution in [-0.2, 0) is 11.3 Å². The number of aliphatic carboxylic acids is 1. The lowest BCUT2D eigenvalue weighted by Gasteiger charge is -2.29. The molecular formula is C16H18FN3O2. The molecule has 0 saturated carbocycles. The molecule has 1 unspecified atom stereocenters. The summed E-state index contributed by atoms with van der Waals surface area (Å²) in [6.07, 6.45) is 3.48. The van der Waals surface area contributed by atoms with E-state index in [9.17, 15) is 9.18 Å². The summed E-state index contributed by atoms with van der Waals surface area (Å²) in [6.45, 7) is 2.10. The van der Waals surface area contributed by atoms with Gasteiger partial charge in [-0.2, -0.15) is 5.10 Å². The number of halogens is 1. The molecule has 5 nitrogen and oxygen atoms in total. The zero-order chi connectivity index (χ0) is 15.5. The highest BCUT2D eigenvalue weighted by Gasteiger charge is 2.25. The second-order valence-corrected chi connectivity index (χ2v) is 5.64. The largest absolute Gasteiger partial charge is 0.481 e. The lowest BCUT2D eigenvalue weighted by atomic mass is 9.98. The first-order valence-electron chi connectivity index (χ1n) is 7.37. The van der Waals surface area contributed by atoms with Crippen molar-refractivity contribution in [3.05, 3.63) is 48.0 Å². The van der Waals surface area contributed by atoms with Crippen molar-refractivity contribution < 1.29 is 14.3 Å². The first-order chi connectivity index (χ1) is 10.6. The molecule has 0 radical (unpaired) electrons. The van der Waals surface area contributed by atoms with Crippen LogP contribution in [0.3, 0.4) is 0 Å². The Hall–Kier alpha value is -2.21. The second kappa shape index (κ2) is 6.27. The Labute approximate surface area is 128 Å². The zero-order valence-corrected chi connectivity index (χ0v) is 12.2. The average molecular weight is 303 g/mol. The van der Waals surface area contributed by atoms with Gasteiger partial charge in [0.25, 0.3) is 0 Å². The molecule has 0 amide bonds. The van der Waals surface area contributed by atoms with E-state index >= 15 is 0 Å². The molecule has 1 aromatic carbocycles. The molecule has 2 heterocycles. The maximum atomic E-state index is 12.9. The van der Waals surface area contributed by atoms with E-state index in [0.717, 1.165) is 30.8 Å². The number of carboxylic acid groups (broad SMARTS) is 1. The average Bonchev–Trinajstić information content (AvgIpc) is 2.96. The Balaban J connectivity index is 1.66. The molecule has 3 rings (SSSR count). The number of benzene rings is 1. The van der Waals surface area contributed by atoms with Crippen LogP contribution in [0.4, 0.5) is 4.39 Å². The van der Waals surface area contributed by atoms with Crippen molar-refractivity contribution in [1.29, 1.82) is 0 Å². The lowest BCUT2D eigenvalue weighted by molar-refractivity contribution is -0.143. The van der Waals surface area contributed by atoms with Gasteiger partial charge in [-0.15, -0.1) is 0 Å². The van der Waals surface area contributed by atoms with Gasteiger partial charge in [-0.1, -0.05) is 0 Å². The van der Waals surface area contributed by atoms with E-state index in [0.29, 0.717) is 13.1 Å². The number of carboxylic acids is 1. The van der Waals surface area contributed by atoms with Crippen molar-refractivity contribution in [3.63, 3.8) is 0 Å². The van der Waals surface area contributed by atoms with Crippen LogP contribution in [0.25, 0.3) is 5.69 Å². The van der Waals surface area contributed by atoms with Crippen LogP contribution in [0.15, 0.2) is 36.5 Å². The van der Waals surface area contributed by atoms with Gasteiger partial charge in [0.15, 0.2) is 0 Å². The third kappa shape index (κ3) is 3.33. The Morgan fingerprint density at radius 1 is 1.32 bits per heavy atom. The highest BCUT2D eigenvalue weighted by Crippen LogP contribution is 2.18. The van der Waals surface area contributed by atoms with Gasteiger partial charge in [0.1, 0.15) is 5.82 Å². The third-order valence-corrected chi connectivity index (χ3v) is 3.98. The van der Waals surface area contributed by atoms with E-state index in [4.69, 9.17) is 5.11 Å². The Morgan fingerprint density at radius 2 is 2.09 bits per heavy atom. The number of aromatic nitrogens is 2. The number of hydrogen-bond acceptors (Lipinski definition) is 3. The summed E-state index contributed by atoms with van der Waals surface area (Å²) >= 11 is 0. The predicted molar refractivity (Wildman–Crippen MR) is 79.2 cm³/mol. The monoisotopic (exact) mass is 303 g/mol. The lowest BCUT2D eigenvalue weighted by Crippen LogP contribution is -2.38. The van der Waals surface area contributed by atoms with Crippen LogP contribution in [0.1, 0.15) is 18.5 Å². The smallest absolute Gasteiger partial charge is 0.307 e. The highest BCUT2D eigenvalue weighted by molar-refractivity contribution is 5.70. The highest BCUT2D eigenvalue weighted by atomic mass is 19.1. The standard InChI is InChI=1S/C16H18FN3O2/c17-13-3-5-15(6-4-13)20-9-7-14(18-20)11-19-8-1-2-12(10-19)16(21)22/h3-7,9,12H,1-2,8,10-11H2,(H,21,22). The van der Waals surface area contributed by atoms with Gasteiger partial charge in [0, 0.05) is 19.3 Å². The predicted octanol–water partition coefficient (Wildman–Crippen LogP) is 2.31. The fourth-order valence-corrected chi connectivity index (χ4v) is 2.81. The fourth-order valence-electron chi connectivity index (χ4n) is 2.81. The van der Waals surface area contributed by atoms with E-state index in [1.54, 1.807) is 16.8 Å². The molecule has 1 aliphatic rings. The summed E-state index contributed by atoms with van der Waals surface area (Å²) in [4.78, 5) is 13.2. The molecule has 0 bridgehead atoms. The van der Waals surface area contributed by atoms with Crippen molar-refractivity contribution in [1.82, 2.24) is 14.7 Å². The van der Waals surface area contributed by atoms with E-state index in [2.05, 4.69) is 10.00 Å². The van der Waals surface area contributed by atoms with E-state index in [-0.39, 0.29) is 11.7 Å².